The Hall–Kier alpha value is -1.65. The Kier molecular flexibility index (Phi) is 8.11. The summed E-state index contributed by atoms with van der Waals surface area (Å²) in [4.78, 5) is 15.5. The molecule has 2 aromatic rings. The second-order valence-electron chi connectivity index (χ2n) is 7.69. The van der Waals surface area contributed by atoms with Gasteiger partial charge in [0.2, 0.25) is 0 Å². The van der Waals surface area contributed by atoms with Crippen molar-refractivity contribution in [3.63, 3.8) is 0 Å². The van der Waals surface area contributed by atoms with Gasteiger partial charge in [-0.05, 0) is 74.2 Å². The number of carbonyl (C=O) groups is 1. The average Bonchev–Trinajstić information content (AvgIpc) is 2.74. The van der Waals surface area contributed by atoms with Gasteiger partial charge in [-0.2, -0.15) is 0 Å². The normalized spacial score (nSPS) is 14.8. The number of unbranched alkanes of at least 4 members (excludes halogenated alkanes) is 2. The predicted molar refractivity (Wildman–Crippen MR) is 120 cm³/mol. The van der Waals surface area contributed by atoms with Crippen LogP contribution in [0.3, 0.4) is 0 Å². The molecule has 0 radical (unpaired) electrons. The molecule has 1 aliphatic heterocycles. The zero-order valence-corrected chi connectivity index (χ0v) is 18.4. The second kappa shape index (κ2) is 10.8. The Balaban J connectivity index is 1.74. The highest BCUT2D eigenvalue weighted by Gasteiger charge is 2.26. The number of benzene rings is 2. The maximum atomic E-state index is 13.4. The molecule has 0 aliphatic carbocycles. The smallest absolute Gasteiger partial charge is 0.254 e. The quantitative estimate of drug-likeness (QED) is 0.541. The lowest BCUT2D eigenvalue weighted by atomic mass is 10.0. The summed E-state index contributed by atoms with van der Waals surface area (Å²) >= 11 is 3.49. The molecule has 28 heavy (non-hydrogen) atoms. The number of halogens is 1. The Labute approximate surface area is 177 Å². The molecule has 2 aromatic carbocycles. The first-order chi connectivity index (χ1) is 13.7. The third-order valence-corrected chi connectivity index (χ3v) is 6.08. The van der Waals surface area contributed by atoms with Gasteiger partial charge in [-0.25, -0.2) is 0 Å². The van der Waals surface area contributed by atoms with Crippen LogP contribution in [0.25, 0.3) is 0 Å². The number of rotatable bonds is 8. The maximum absolute atomic E-state index is 13.4. The topological polar surface area (TPSA) is 32.3 Å². The molecule has 1 amide bonds. The molecule has 0 bridgehead atoms. The highest BCUT2D eigenvalue weighted by molar-refractivity contribution is 9.10. The molecular weight excluding hydrogens is 412 g/mol. The molecule has 1 saturated heterocycles. The highest BCUT2D eigenvalue weighted by atomic mass is 79.9. The van der Waals surface area contributed by atoms with Crippen LogP contribution in [0.15, 0.2) is 53.0 Å². The summed E-state index contributed by atoms with van der Waals surface area (Å²) in [7, 11) is 0. The summed E-state index contributed by atoms with van der Waals surface area (Å²) in [6.07, 6.45) is 6.83. The van der Waals surface area contributed by atoms with E-state index in [2.05, 4.69) is 57.3 Å². The van der Waals surface area contributed by atoms with Crippen molar-refractivity contribution in [1.29, 1.82) is 0 Å². The fourth-order valence-electron chi connectivity index (χ4n) is 3.83. The van der Waals surface area contributed by atoms with Crippen LogP contribution in [-0.4, -0.2) is 29.9 Å². The number of carbonyl (C=O) groups excluding carboxylic acids is 1. The van der Waals surface area contributed by atoms with E-state index in [0.717, 1.165) is 42.4 Å². The van der Waals surface area contributed by atoms with Crippen molar-refractivity contribution in [2.24, 2.45) is 0 Å². The number of nitrogens with zero attached hydrogens (tertiary/aromatic N) is 1. The van der Waals surface area contributed by atoms with Gasteiger partial charge < -0.3 is 10.2 Å². The summed E-state index contributed by atoms with van der Waals surface area (Å²) in [6.45, 7) is 4.84. The van der Waals surface area contributed by atoms with E-state index in [0.29, 0.717) is 12.6 Å². The molecule has 1 aliphatic rings. The summed E-state index contributed by atoms with van der Waals surface area (Å²) < 4.78 is 1.06. The molecule has 3 rings (SSSR count). The minimum atomic E-state index is 0.148. The summed E-state index contributed by atoms with van der Waals surface area (Å²) in [6, 6.07) is 16.9. The molecule has 0 spiro atoms. The van der Waals surface area contributed by atoms with Gasteiger partial charge in [0.05, 0.1) is 0 Å². The van der Waals surface area contributed by atoms with E-state index in [1.807, 2.05) is 24.3 Å². The van der Waals surface area contributed by atoms with Crippen molar-refractivity contribution in [1.82, 2.24) is 10.2 Å². The number of amides is 1. The number of nitrogens with one attached hydrogen (secondary N) is 1. The van der Waals surface area contributed by atoms with Gasteiger partial charge in [-0.15, -0.1) is 0 Å². The Morgan fingerprint density at radius 3 is 2.29 bits per heavy atom. The number of aryl methyl sites for hydroxylation is 1. The Bertz CT molecular complexity index is 736. The zero-order valence-electron chi connectivity index (χ0n) is 16.8. The summed E-state index contributed by atoms with van der Waals surface area (Å²) in [5.41, 5.74) is 3.30. The van der Waals surface area contributed by atoms with Crippen molar-refractivity contribution in [3.05, 3.63) is 69.7 Å². The van der Waals surface area contributed by atoms with Crippen molar-refractivity contribution < 1.29 is 4.79 Å². The highest BCUT2D eigenvalue weighted by Crippen LogP contribution is 2.21. The third kappa shape index (κ3) is 5.92. The van der Waals surface area contributed by atoms with Crippen LogP contribution in [0, 0.1) is 0 Å². The van der Waals surface area contributed by atoms with Gasteiger partial charge in [0.25, 0.3) is 5.91 Å². The molecule has 1 heterocycles. The SMILES string of the molecule is CCCCCc1ccc(C(=O)N(Cc2ccc(Br)cc2)C2CCNCC2)cc1. The lowest BCUT2D eigenvalue weighted by molar-refractivity contribution is 0.0623. The van der Waals surface area contributed by atoms with Crippen molar-refractivity contribution in [2.75, 3.05) is 13.1 Å². The van der Waals surface area contributed by atoms with E-state index in [4.69, 9.17) is 0 Å². The van der Waals surface area contributed by atoms with Crippen LogP contribution in [0.2, 0.25) is 0 Å². The van der Waals surface area contributed by atoms with E-state index in [-0.39, 0.29) is 5.91 Å². The first-order valence-electron chi connectivity index (χ1n) is 10.5. The number of piperidine rings is 1. The van der Waals surface area contributed by atoms with E-state index >= 15 is 0 Å². The first kappa shape index (κ1) is 21.1. The zero-order chi connectivity index (χ0) is 19.8. The summed E-state index contributed by atoms with van der Waals surface area (Å²) in [5.74, 6) is 0.148. The largest absolute Gasteiger partial charge is 0.331 e. The Morgan fingerprint density at radius 2 is 1.64 bits per heavy atom. The van der Waals surface area contributed by atoms with E-state index in [1.165, 1.54) is 30.4 Å². The Morgan fingerprint density at radius 1 is 1.00 bits per heavy atom. The second-order valence-corrected chi connectivity index (χ2v) is 8.61. The third-order valence-electron chi connectivity index (χ3n) is 5.55. The van der Waals surface area contributed by atoms with Gasteiger partial charge in [0.1, 0.15) is 0 Å². The van der Waals surface area contributed by atoms with Crippen LogP contribution in [0.5, 0.6) is 0 Å². The van der Waals surface area contributed by atoms with E-state index in [1.54, 1.807) is 0 Å². The first-order valence-corrected chi connectivity index (χ1v) is 11.3. The number of hydrogen-bond donors (Lipinski definition) is 1. The number of hydrogen-bond acceptors (Lipinski definition) is 2. The standard InChI is InChI=1S/C24H31BrN2O/c1-2-3-4-5-19-6-10-21(11-7-19)24(28)27(23-14-16-26-17-15-23)18-20-8-12-22(25)13-9-20/h6-13,23,26H,2-5,14-18H2,1H3. The van der Waals surface area contributed by atoms with Crippen molar-refractivity contribution >= 4 is 21.8 Å². The lowest BCUT2D eigenvalue weighted by Crippen LogP contribution is -2.45. The van der Waals surface area contributed by atoms with Gasteiger partial charge >= 0.3 is 0 Å². The van der Waals surface area contributed by atoms with Gasteiger partial charge in [0, 0.05) is 22.6 Å². The summed E-state index contributed by atoms with van der Waals surface area (Å²) in [5, 5.41) is 3.41. The van der Waals surface area contributed by atoms with Crippen LogP contribution in [-0.2, 0) is 13.0 Å². The monoisotopic (exact) mass is 442 g/mol. The molecule has 3 nitrogen and oxygen atoms in total. The molecule has 4 heteroatoms. The lowest BCUT2D eigenvalue weighted by Gasteiger charge is -2.35. The maximum Gasteiger partial charge on any atom is 0.254 e. The van der Waals surface area contributed by atoms with Gasteiger partial charge in [-0.1, -0.05) is 60.0 Å². The van der Waals surface area contributed by atoms with Crippen LogP contribution in [0.4, 0.5) is 0 Å². The average molecular weight is 443 g/mol. The van der Waals surface area contributed by atoms with E-state index < -0.39 is 0 Å². The van der Waals surface area contributed by atoms with Crippen LogP contribution < -0.4 is 5.32 Å². The van der Waals surface area contributed by atoms with Crippen molar-refractivity contribution in [3.8, 4) is 0 Å². The molecule has 1 N–H and O–H groups in total. The molecule has 1 fully saturated rings. The minimum Gasteiger partial charge on any atom is -0.331 e. The molecule has 150 valence electrons. The fourth-order valence-corrected chi connectivity index (χ4v) is 4.09. The molecule has 0 unspecified atom stereocenters. The molecule has 0 aromatic heterocycles. The van der Waals surface area contributed by atoms with Crippen LogP contribution in [0.1, 0.15) is 60.5 Å². The van der Waals surface area contributed by atoms with Gasteiger partial charge in [0.15, 0.2) is 0 Å². The molecule has 0 atom stereocenters. The predicted octanol–water partition coefficient (Wildman–Crippen LogP) is 5.58. The van der Waals surface area contributed by atoms with E-state index in [9.17, 15) is 4.79 Å². The van der Waals surface area contributed by atoms with Crippen molar-refractivity contribution in [2.45, 2.75) is 58.0 Å². The van der Waals surface area contributed by atoms with Crippen LogP contribution >= 0.6 is 15.9 Å². The molecule has 0 saturated carbocycles. The minimum absolute atomic E-state index is 0.148. The van der Waals surface area contributed by atoms with Gasteiger partial charge in [-0.3, -0.25) is 4.79 Å². The fraction of sp³-hybridized carbons (Fsp3) is 0.458. The molecular formula is C24H31BrN2O.